The van der Waals surface area contributed by atoms with Crippen molar-refractivity contribution in [3.05, 3.63) is 63.6 Å². The first kappa shape index (κ1) is 29.7. The highest BCUT2D eigenvalue weighted by Crippen LogP contribution is 2.35. The fraction of sp³-hybridized carbons (Fsp3) is 0.531. The molecule has 1 atom stereocenters. The van der Waals surface area contributed by atoms with Crippen molar-refractivity contribution < 1.29 is 9.59 Å². The van der Waals surface area contributed by atoms with E-state index >= 15 is 0 Å². The molecule has 5 rings (SSSR count). The van der Waals surface area contributed by atoms with Gasteiger partial charge in [0.15, 0.2) is 0 Å². The lowest BCUT2D eigenvalue weighted by Gasteiger charge is -2.39. The van der Waals surface area contributed by atoms with E-state index in [1.165, 1.54) is 5.56 Å². The summed E-state index contributed by atoms with van der Waals surface area (Å²) in [7, 11) is 0. The lowest BCUT2D eigenvalue weighted by Crippen LogP contribution is -2.50. The van der Waals surface area contributed by atoms with Crippen LogP contribution in [0.3, 0.4) is 0 Å². The molecule has 3 fully saturated rings. The first-order valence-corrected chi connectivity index (χ1v) is 15.7. The van der Waals surface area contributed by atoms with E-state index in [4.69, 9.17) is 23.2 Å². The van der Waals surface area contributed by atoms with Gasteiger partial charge in [0.05, 0.1) is 17.6 Å². The van der Waals surface area contributed by atoms with Crippen LogP contribution < -0.4 is 5.32 Å². The Morgan fingerprint density at radius 1 is 0.951 bits per heavy atom. The molecule has 1 aliphatic carbocycles. The van der Waals surface area contributed by atoms with E-state index in [1.54, 1.807) is 18.2 Å². The molecule has 41 heavy (non-hydrogen) atoms. The summed E-state index contributed by atoms with van der Waals surface area (Å²) in [5, 5.41) is 13.3. The smallest absolute Gasteiger partial charge is 0.322 e. The Bertz CT molecular complexity index is 1250. The van der Waals surface area contributed by atoms with Crippen molar-refractivity contribution in [2.45, 2.75) is 63.3 Å². The van der Waals surface area contributed by atoms with Gasteiger partial charge in [0.25, 0.3) is 0 Å². The van der Waals surface area contributed by atoms with E-state index in [2.05, 4.69) is 22.4 Å². The van der Waals surface area contributed by atoms with Gasteiger partial charge in [-0.05, 0) is 99.7 Å². The zero-order valence-corrected chi connectivity index (χ0v) is 25.0. The minimum Gasteiger partial charge on any atom is -0.342 e. The monoisotopic (exact) mass is 595 g/mol. The van der Waals surface area contributed by atoms with Crippen molar-refractivity contribution in [2.24, 2.45) is 5.92 Å². The molecule has 1 unspecified atom stereocenters. The molecule has 0 bridgehead atoms. The van der Waals surface area contributed by atoms with Gasteiger partial charge in [-0.15, -0.1) is 0 Å². The molecule has 2 aliphatic heterocycles. The number of benzene rings is 2. The lowest BCUT2D eigenvalue weighted by molar-refractivity contribution is -0.136. The van der Waals surface area contributed by atoms with Gasteiger partial charge in [-0.1, -0.05) is 35.3 Å². The summed E-state index contributed by atoms with van der Waals surface area (Å²) in [4.78, 5) is 33.1. The number of nitrogens with zero attached hydrogens (tertiary/aromatic N) is 4. The number of hydrogen-bond acceptors (Lipinski definition) is 4. The molecule has 0 aromatic heterocycles. The van der Waals surface area contributed by atoms with Crippen LogP contribution in [0.25, 0.3) is 0 Å². The van der Waals surface area contributed by atoms with Crippen LogP contribution in [0.15, 0.2) is 42.5 Å². The zero-order chi connectivity index (χ0) is 28.8. The van der Waals surface area contributed by atoms with E-state index in [0.29, 0.717) is 39.7 Å². The first-order valence-electron chi connectivity index (χ1n) is 14.9. The van der Waals surface area contributed by atoms with Gasteiger partial charge in [-0.2, -0.15) is 5.26 Å². The third-order valence-corrected chi connectivity index (χ3v) is 9.37. The average molecular weight is 597 g/mol. The summed E-state index contributed by atoms with van der Waals surface area (Å²) in [5.41, 5.74) is 2.47. The number of anilines is 1. The number of urea groups is 1. The maximum atomic E-state index is 13.7. The molecule has 3 amide bonds. The van der Waals surface area contributed by atoms with Crippen molar-refractivity contribution in [2.75, 3.05) is 44.6 Å². The van der Waals surface area contributed by atoms with Gasteiger partial charge in [0.1, 0.15) is 0 Å². The number of nitriles is 1. The second kappa shape index (κ2) is 13.9. The molecular formula is C32H39Cl2N5O2. The van der Waals surface area contributed by atoms with E-state index in [9.17, 15) is 14.9 Å². The van der Waals surface area contributed by atoms with Gasteiger partial charge in [-0.3, -0.25) is 4.79 Å². The Hall–Kier alpha value is -2.79. The van der Waals surface area contributed by atoms with Gasteiger partial charge in [0.2, 0.25) is 5.91 Å². The molecule has 1 saturated carbocycles. The normalized spacial score (nSPS) is 23.1. The minimum absolute atomic E-state index is 0.0531. The molecule has 9 heteroatoms. The predicted octanol–water partition coefficient (Wildman–Crippen LogP) is 6.76. The number of carbonyl (C=O) groups is 2. The summed E-state index contributed by atoms with van der Waals surface area (Å²) in [6.07, 6.45) is 7.87. The molecule has 3 aliphatic rings. The van der Waals surface area contributed by atoms with Crippen LogP contribution >= 0.6 is 23.2 Å². The quantitative estimate of drug-likeness (QED) is 0.383. The van der Waals surface area contributed by atoms with Crippen molar-refractivity contribution in [3.8, 4) is 6.07 Å². The molecule has 2 aromatic carbocycles. The number of piperidine rings is 1. The topological polar surface area (TPSA) is 79.7 Å². The highest BCUT2D eigenvalue weighted by molar-refractivity contribution is 6.35. The van der Waals surface area contributed by atoms with E-state index in [1.807, 2.05) is 28.0 Å². The maximum Gasteiger partial charge on any atom is 0.322 e. The molecule has 218 valence electrons. The number of likely N-dealkylation sites (tertiary alicyclic amines) is 2. The third-order valence-electron chi connectivity index (χ3n) is 8.93. The number of amides is 3. The number of halogens is 2. The van der Waals surface area contributed by atoms with Crippen LogP contribution in [0.2, 0.25) is 10.0 Å². The average Bonchev–Trinajstić information content (AvgIpc) is 3.52. The standard InChI is InChI=1S/C32H39Cl2N5O2/c33-27-18-28(34)20-29(19-27)36-32(41)39(30-10-8-24(9-11-30)25-6-3-5-23(17-25)21-35)16-15-37-12-4-7-26(22-37)31(40)38-13-1-2-14-38/h3,5-6,17-20,24,26,30H,1-2,4,7-16,22H2,(H,36,41)/t24-,26?,30-. The molecular weight excluding hydrogens is 557 g/mol. The van der Waals surface area contributed by atoms with Crippen molar-refractivity contribution in [1.82, 2.24) is 14.7 Å². The number of carbonyl (C=O) groups excluding carboxylic acids is 2. The second-order valence-electron chi connectivity index (χ2n) is 11.7. The third kappa shape index (κ3) is 7.74. The van der Waals surface area contributed by atoms with Crippen LogP contribution in [0, 0.1) is 17.2 Å². The molecule has 2 aromatic rings. The van der Waals surface area contributed by atoms with Gasteiger partial charge >= 0.3 is 6.03 Å². The zero-order valence-electron chi connectivity index (χ0n) is 23.5. The van der Waals surface area contributed by atoms with Crippen molar-refractivity contribution >= 4 is 40.8 Å². The summed E-state index contributed by atoms with van der Waals surface area (Å²) >= 11 is 12.4. The Balaban J connectivity index is 1.25. The SMILES string of the molecule is N#Cc1cccc([C@H]2CC[C@H](N(CCN3CCCC(C(=O)N4CCCC4)C3)C(=O)Nc3cc(Cl)cc(Cl)c3)CC2)c1. The molecule has 7 nitrogen and oxygen atoms in total. The van der Waals surface area contributed by atoms with Crippen LogP contribution in [0.5, 0.6) is 0 Å². The first-order chi connectivity index (χ1) is 19.9. The highest BCUT2D eigenvalue weighted by atomic mass is 35.5. The minimum atomic E-state index is -0.153. The second-order valence-corrected chi connectivity index (χ2v) is 12.6. The predicted molar refractivity (Wildman–Crippen MR) is 163 cm³/mol. The lowest BCUT2D eigenvalue weighted by atomic mass is 9.81. The molecule has 2 heterocycles. The fourth-order valence-corrected chi connectivity index (χ4v) is 7.29. The van der Waals surface area contributed by atoms with E-state index in [-0.39, 0.29) is 18.0 Å². The van der Waals surface area contributed by atoms with Crippen LogP contribution in [0.1, 0.15) is 68.4 Å². The van der Waals surface area contributed by atoms with Crippen LogP contribution in [-0.4, -0.2) is 71.9 Å². The van der Waals surface area contributed by atoms with Crippen LogP contribution in [0.4, 0.5) is 10.5 Å². The largest absolute Gasteiger partial charge is 0.342 e. The maximum absolute atomic E-state index is 13.7. The van der Waals surface area contributed by atoms with Crippen molar-refractivity contribution in [3.63, 3.8) is 0 Å². The summed E-state index contributed by atoms with van der Waals surface area (Å²) in [6, 6.07) is 15.2. The fourth-order valence-electron chi connectivity index (χ4n) is 6.76. The van der Waals surface area contributed by atoms with Crippen LogP contribution in [-0.2, 0) is 4.79 Å². The molecule has 0 spiro atoms. The number of nitrogens with one attached hydrogen (secondary N) is 1. The molecule has 2 saturated heterocycles. The van der Waals surface area contributed by atoms with E-state index in [0.717, 1.165) is 84.1 Å². The Labute approximate surface area is 253 Å². The van der Waals surface area contributed by atoms with Gasteiger partial charge < -0.3 is 20.0 Å². The van der Waals surface area contributed by atoms with Gasteiger partial charge in [-0.25, -0.2) is 4.79 Å². The Morgan fingerprint density at radius 2 is 1.68 bits per heavy atom. The summed E-state index contributed by atoms with van der Waals surface area (Å²) < 4.78 is 0. The van der Waals surface area contributed by atoms with Gasteiger partial charge in [0, 0.05) is 54.5 Å². The summed E-state index contributed by atoms with van der Waals surface area (Å²) in [6.45, 7) is 4.81. The number of hydrogen-bond donors (Lipinski definition) is 1. The molecule has 1 N–H and O–H groups in total. The van der Waals surface area contributed by atoms with Crippen molar-refractivity contribution in [1.29, 1.82) is 5.26 Å². The Kier molecular flexibility index (Phi) is 10.1. The number of rotatable bonds is 7. The summed E-state index contributed by atoms with van der Waals surface area (Å²) in [5.74, 6) is 0.742. The molecule has 0 radical (unpaired) electrons. The van der Waals surface area contributed by atoms with E-state index < -0.39 is 0 Å². The Morgan fingerprint density at radius 3 is 2.39 bits per heavy atom. The highest BCUT2D eigenvalue weighted by Gasteiger charge is 2.33.